The van der Waals surface area contributed by atoms with Crippen molar-refractivity contribution in [2.75, 3.05) is 20.3 Å². The third-order valence-corrected chi connectivity index (χ3v) is 4.97. The zero-order valence-electron chi connectivity index (χ0n) is 16.5. The summed E-state index contributed by atoms with van der Waals surface area (Å²) in [5.41, 5.74) is 1.78. The Hall–Kier alpha value is -3.35. The highest BCUT2D eigenvalue weighted by atomic mass is 16.5. The van der Waals surface area contributed by atoms with Crippen molar-refractivity contribution in [2.45, 2.75) is 25.8 Å². The van der Waals surface area contributed by atoms with E-state index in [-0.39, 0.29) is 11.8 Å². The molecule has 1 aliphatic heterocycles. The molecular formula is C22H23N3O4. The molecule has 1 atom stereocenters. The average molecular weight is 393 g/mol. The highest BCUT2D eigenvalue weighted by Gasteiger charge is 2.34. The van der Waals surface area contributed by atoms with Gasteiger partial charge in [-0.1, -0.05) is 29.4 Å². The van der Waals surface area contributed by atoms with Crippen molar-refractivity contribution >= 4 is 5.91 Å². The number of amides is 1. The van der Waals surface area contributed by atoms with Crippen LogP contribution in [0.1, 0.15) is 30.7 Å². The zero-order chi connectivity index (χ0) is 20.2. The molecule has 0 N–H and O–H groups in total. The minimum absolute atomic E-state index is 0.0778. The molecule has 0 bridgehead atoms. The van der Waals surface area contributed by atoms with Crippen LogP contribution in [0.3, 0.4) is 0 Å². The Morgan fingerprint density at radius 2 is 2.07 bits per heavy atom. The summed E-state index contributed by atoms with van der Waals surface area (Å²) in [5.74, 6) is 2.49. The number of rotatable bonds is 7. The molecule has 29 heavy (non-hydrogen) atoms. The molecule has 1 saturated heterocycles. The smallest absolute Gasteiger partial charge is 0.258 e. The van der Waals surface area contributed by atoms with Gasteiger partial charge in [0.25, 0.3) is 5.89 Å². The van der Waals surface area contributed by atoms with Crippen LogP contribution in [0.25, 0.3) is 11.5 Å². The molecule has 0 aliphatic carbocycles. The molecule has 150 valence electrons. The van der Waals surface area contributed by atoms with Crippen LogP contribution in [0.2, 0.25) is 0 Å². The lowest BCUT2D eigenvalue weighted by Crippen LogP contribution is -2.24. The SMILES string of the molecule is CCOc1ccccc1CN1CC(c2noc(-c3cccc(OC)c3)n2)CC1=O. The maximum Gasteiger partial charge on any atom is 0.258 e. The van der Waals surface area contributed by atoms with Crippen LogP contribution in [0.4, 0.5) is 0 Å². The number of nitrogens with zero attached hydrogens (tertiary/aromatic N) is 3. The van der Waals surface area contributed by atoms with Crippen LogP contribution in [0.5, 0.6) is 11.5 Å². The first-order valence-corrected chi connectivity index (χ1v) is 9.64. The maximum absolute atomic E-state index is 12.6. The number of carbonyl (C=O) groups is 1. The lowest BCUT2D eigenvalue weighted by molar-refractivity contribution is -0.128. The van der Waals surface area contributed by atoms with E-state index in [4.69, 9.17) is 14.0 Å². The minimum atomic E-state index is -0.0927. The number of likely N-dealkylation sites (tertiary alicyclic amines) is 1. The number of ether oxygens (including phenoxy) is 2. The van der Waals surface area contributed by atoms with Crippen LogP contribution >= 0.6 is 0 Å². The lowest BCUT2D eigenvalue weighted by atomic mass is 10.1. The van der Waals surface area contributed by atoms with Gasteiger partial charge in [-0.05, 0) is 31.2 Å². The second-order valence-corrected chi connectivity index (χ2v) is 6.91. The Balaban J connectivity index is 1.48. The molecule has 3 aromatic rings. The molecule has 2 aromatic carbocycles. The summed E-state index contributed by atoms with van der Waals surface area (Å²) in [7, 11) is 1.61. The number of hydrogen-bond acceptors (Lipinski definition) is 6. The van der Waals surface area contributed by atoms with Gasteiger partial charge in [0.05, 0.1) is 13.7 Å². The summed E-state index contributed by atoms with van der Waals surface area (Å²) in [6.45, 7) is 3.59. The fourth-order valence-electron chi connectivity index (χ4n) is 3.51. The molecule has 1 unspecified atom stereocenters. The van der Waals surface area contributed by atoms with Gasteiger partial charge < -0.3 is 18.9 Å². The second kappa shape index (κ2) is 8.34. The number of para-hydroxylation sites is 1. The van der Waals surface area contributed by atoms with Crippen LogP contribution in [-0.2, 0) is 11.3 Å². The van der Waals surface area contributed by atoms with Crippen LogP contribution in [0.15, 0.2) is 53.1 Å². The summed E-state index contributed by atoms with van der Waals surface area (Å²) in [4.78, 5) is 18.9. The number of hydrogen-bond donors (Lipinski definition) is 0. The van der Waals surface area contributed by atoms with Crippen molar-refractivity contribution in [2.24, 2.45) is 0 Å². The van der Waals surface area contributed by atoms with Crippen molar-refractivity contribution in [1.82, 2.24) is 15.0 Å². The van der Waals surface area contributed by atoms with Crippen molar-refractivity contribution in [1.29, 1.82) is 0 Å². The molecule has 1 aromatic heterocycles. The fourth-order valence-corrected chi connectivity index (χ4v) is 3.51. The maximum atomic E-state index is 12.6. The first-order valence-electron chi connectivity index (χ1n) is 9.64. The van der Waals surface area contributed by atoms with E-state index in [0.29, 0.717) is 37.8 Å². The van der Waals surface area contributed by atoms with Gasteiger partial charge in [0.15, 0.2) is 5.82 Å². The predicted octanol–water partition coefficient (Wildman–Crippen LogP) is 3.66. The number of carbonyl (C=O) groups excluding carboxylic acids is 1. The van der Waals surface area contributed by atoms with Crippen molar-refractivity contribution in [3.63, 3.8) is 0 Å². The van der Waals surface area contributed by atoms with Crippen LogP contribution in [-0.4, -0.2) is 41.2 Å². The molecule has 7 heteroatoms. The van der Waals surface area contributed by atoms with Crippen LogP contribution in [0, 0.1) is 0 Å². The van der Waals surface area contributed by atoms with E-state index >= 15 is 0 Å². The third-order valence-electron chi connectivity index (χ3n) is 4.97. The summed E-state index contributed by atoms with van der Waals surface area (Å²) < 4.78 is 16.4. The van der Waals surface area contributed by atoms with Gasteiger partial charge in [0.2, 0.25) is 5.91 Å². The molecule has 7 nitrogen and oxygen atoms in total. The van der Waals surface area contributed by atoms with E-state index in [2.05, 4.69) is 10.1 Å². The minimum Gasteiger partial charge on any atom is -0.497 e. The number of benzene rings is 2. The molecule has 0 saturated carbocycles. The molecule has 4 rings (SSSR count). The zero-order valence-corrected chi connectivity index (χ0v) is 16.5. The Bertz CT molecular complexity index is 1000. The fraction of sp³-hybridized carbons (Fsp3) is 0.318. The summed E-state index contributed by atoms with van der Waals surface area (Å²) >= 11 is 0. The third kappa shape index (κ3) is 4.08. The first kappa shape index (κ1) is 19.0. The topological polar surface area (TPSA) is 77.7 Å². The summed E-state index contributed by atoms with van der Waals surface area (Å²) in [6, 6.07) is 15.3. The van der Waals surface area contributed by atoms with Gasteiger partial charge in [-0.15, -0.1) is 0 Å². The standard InChI is InChI=1S/C22H23N3O4/c1-3-28-19-10-5-4-7-16(19)13-25-14-17(12-20(25)26)21-23-22(29-24-21)15-8-6-9-18(11-15)27-2/h4-11,17H,3,12-14H2,1-2H3. The quantitative estimate of drug-likeness (QED) is 0.610. The summed E-state index contributed by atoms with van der Waals surface area (Å²) in [5, 5.41) is 4.12. The van der Waals surface area contributed by atoms with E-state index < -0.39 is 0 Å². The normalized spacial score (nSPS) is 16.3. The van der Waals surface area contributed by atoms with Gasteiger partial charge in [0.1, 0.15) is 11.5 Å². The molecule has 1 amide bonds. The Morgan fingerprint density at radius 1 is 1.21 bits per heavy atom. The molecule has 1 fully saturated rings. The van der Waals surface area contributed by atoms with Gasteiger partial charge in [-0.25, -0.2) is 0 Å². The molecule has 1 aliphatic rings. The highest BCUT2D eigenvalue weighted by molar-refractivity contribution is 5.79. The molecule has 2 heterocycles. The average Bonchev–Trinajstić information content (AvgIpc) is 3.37. The highest BCUT2D eigenvalue weighted by Crippen LogP contribution is 2.31. The Kier molecular flexibility index (Phi) is 5.46. The van der Waals surface area contributed by atoms with E-state index in [0.717, 1.165) is 22.6 Å². The van der Waals surface area contributed by atoms with Crippen LogP contribution < -0.4 is 9.47 Å². The van der Waals surface area contributed by atoms with E-state index in [1.54, 1.807) is 7.11 Å². The summed E-state index contributed by atoms with van der Waals surface area (Å²) in [6.07, 6.45) is 0.369. The molecule has 0 radical (unpaired) electrons. The van der Waals surface area contributed by atoms with Crippen molar-refractivity contribution < 1.29 is 18.8 Å². The monoisotopic (exact) mass is 393 g/mol. The van der Waals surface area contributed by atoms with Gasteiger partial charge >= 0.3 is 0 Å². The Morgan fingerprint density at radius 3 is 2.90 bits per heavy atom. The van der Waals surface area contributed by atoms with Gasteiger partial charge in [-0.2, -0.15) is 4.98 Å². The van der Waals surface area contributed by atoms with Crippen molar-refractivity contribution in [3.05, 3.63) is 59.9 Å². The van der Waals surface area contributed by atoms with E-state index in [1.807, 2.05) is 60.4 Å². The molecular weight excluding hydrogens is 370 g/mol. The second-order valence-electron chi connectivity index (χ2n) is 6.91. The molecule has 0 spiro atoms. The Labute approximate surface area is 169 Å². The lowest BCUT2D eigenvalue weighted by Gasteiger charge is -2.18. The van der Waals surface area contributed by atoms with Gasteiger partial charge in [-0.3, -0.25) is 4.79 Å². The number of aromatic nitrogens is 2. The van der Waals surface area contributed by atoms with Gasteiger partial charge in [0, 0.05) is 36.6 Å². The predicted molar refractivity (Wildman–Crippen MR) is 107 cm³/mol. The number of methoxy groups -OCH3 is 1. The first-order chi connectivity index (χ1) is 14.2. The largest absolute Gasteiger partial charge is 0.497 e. The van der Waals surface area contributed by atoms with E-state index in [1.165, 1.54) is 0 Å². The van der Waals surface area contributed by atoms with E-state index in [9.17, 15) is 4.79 Å². The van der Waals surface area contributed by atoms with Crippen molar-refractivity contribution in [3.8, 4) is 23.0 Å².